The van der Waals surface area contributed by atoms with Crippen LogP contribution in [-0.2, 0) is 0 Å². The second-order valence-corrected chi connectivity index (χ2v) is 3.16. The topological polar surface area (TPSA) is 68.2 Å². The van der Waals surface area contributed by atoms with Gasteiger partial charge in [0, 0.05) is 19.3 Å². The van der Waals surface area contributed by atoms with Gasteiger partial charge in [0.2, 0.25) is 0 Å². The van der Waals surface area contributed by atoms with Crippen LogP contribution in [0.15, 0.2) is 18.5 Å². The first-order valence-electron chi connectivity index (χ1n) is 4.94. The summed E-state index contributed by atoms with van der Waals surface area (Å²) in [6, 6.07) is 1.94. The van der Waals surface area contributed by atoms with Crippen molar-refractivity contribution in [2.75, 3.05) is 30.3 Å². The van der Waals surface area contributed by atoms with Gasteiger partial charge in [0.25, 0.3) is 0 Å². The Balaban J connectivity index is 2.73. The summed E-state index contributed by atoms with van der Waals surface area (Å²) in [6.07, 6.45) is 4.42. The van der Waals surface area contributed by atoms with Crippen LogP contribution in [0.25, 0.3) is 0 Å². The third-order valence-corrected chi connectivity index (χ3v) is 2.18. The Hall–Kier alpha value is -1.29. The van der Waals surface area contributed by atoms with E-state index in [1.165, 1.54) is 0 Å². The van der Waals surface area contributed by atoms with Gasteiger partial charge in [0.15, 0.2) is 0 Å². The minimum absolute atomic E-state index is 0.710. The van der Waals surface area contributed by atoms with Gasteiger partial charge in [-0.3, -0.25) is 4.98 Å². The first-order chi connectivity index (χ1) is 6.79. The van der Waals surface area contributed by atoms with Gasteiger partial charge in [0.1, 0.15) is 0 Å². The minimum atomic E-state index is 0.710. The molecule has 0 aliphatic rings. The molecule has 0 amide bonds. The lowest BCUT2D eigenvalue weighted by molar-refractivity contribution is 0.755. The van der Waals surface area contributed by atoms with Crippen LogP contribution in [0.3, 0.4) is 0 Å². The highest BCUT2D eigenvalue weighted by molar-refractivity contribution is 5.65. The average molecular weight is 194 g/mol. The lowest BCUT2D eigenvalue weighted by Crippen LogP contribution is -2.26. The summed E-state index contributed by atoms with van der Waals surface area (Å²) in [5.41, 5.74) is 13.1. The van der Waals surface area contributed by atoms with Gasteiger partial charge >= 0.3 is 0 Å². The smallest absolute Gasteiger partial charge is 0.0738 e. The number of rotatable bonds is 5. The van der Waals surface area contributed by atoms with Gasteiger partial charge in [0.05, 0.1) is 17.6 Å². The van der Waals surface area contributed by atoms with Gasteiger partial charge in [-0.15, -0.1) is 0 Å². The van der Waals surface area contributed by atoms with Gasteiger partial charge in [-0.05, 0) is 26.0 Å². The average Bonchev–Trinajstić information content (AvgIpc) is 2.21. The van der Waals surface area contributed by atoms with Crippen LogP contribution < -0.4 is 16.4 Å². The van der Waals surface area contributed by atoms with E-state index >= 15 is 0 Å². The summed E-state index contributed by atoms with van der Waals surface area (Å²) in [6.45, 7) is 4.70. The molecule has 0 unspecified atom stereocenters. The van der Waals surface area contributed by atoms with E-state index in [4.69, 9.17) is 11.5 Å². The number of nitrogens with zero attached hydrogens (tertiary/aromatic N) is 2. The van der Waals surface area contributed by atoms with E-state index in [1.807, 2.05) is 6.07 Å². The third kappa shape index (κ3) is 2.60. The van der Waals surface area contributed by atoms with Crippen molar-refractivity contribution in [2.45, 2.75) is 13.3 Å². The Morgan fingerprint density at radius 3 is 2.86 bits per heavy atom. The largest absolute Gasteiger partial charge is 0.396 e. The Morgan fingerprint density at radius 2 is 2.29 bits per heavy atom. The van der Waals surface area contributed by atoms with Gasteiger partial charge in [-0.2, -0.15) is 0 Å². The van der Waals surface area contributed by atoms with Crippen LogP contribution in [-0.4, -0.2) is 24.6 Å². The molecule has 0 radical (unpaired) electrons. The molecule has 14 heavy (non-hydrogen) atoms. The van der Waals surface area contributed by atoms with E-state index in [0.717, 1.165) is 30.9 Å². The fourth-order valence-electron chi connectivity index (χ4n) is 1.42. The lowest BCUT2D eigenvalue weighted by Gasteiger charge is -2.23. The molecule has 0 aromatic carbocycles. The van der Waals surface area contributed by atoms with Gasteiger partial charge in [-0.25, -0.2) is 0 Å². The summed E-state index contributed by atoms with van der Waals surface area (Å²) >= 11 is 0. The highest BCUT2D eigenvalue weighted by atomic mass is 15.1. The molecule has 0 bridgehead atoms. The first kappa shape index (κ1) is 10.8. The van der Waals surface area contributed by atoms with E-state index in [-0.39, 0.29) is 0 Å². The predicted octanol–water partition coefficient (Wildman–Crippen LogP) is 0.839. The van der Waals surface area contributed by atoms with Crippen molar-refractivity contribution in [1.29, 1.82) is 0 Å². The van der Waals surface area contributed by atoms with Gasteiger partial charge in [-0.1, -0.05) is 0 Å². The Morgan fingerprint density at radius 1 is 1.50 bits per heavy atom. The molecule has 4 heteroatoms. The fourth-order valence-corrected chi connectivity index (χ4v) is 1.42. The van der Waals surface area contributed by atoms with Crippen molar-refractivity contribution >= 4 is 11.4 Å². The van der Waals surface area contributed by atoms with Crippen LogP contribution in [0.4, 0.5) is 11.4 Å². The molecule has 0 aliphatic carbocycles. The number of anilines is 2. The predicted molar refractivity (Wildman–Crippen MR) is 60.2 cm³/mol. The van der Waals surface area contributed by atoms with Crippen LogP contribution in [0, 0.1) is 0 Å². The molecule has 1 aromatic rings. The number of hydrogen-bond acceptors (Lipinski definition) is 4. The van der Waals surface area contributed by atoms with Gasteiger partial charge < -0.3 is 16.4 Å². The summed E-state index contributed by atoms with van der Waals surface area (Å²) in [5.74, 6) is 0. The number of aromatic nitrogens is 1. The molecule has 0 spiro atoms. The maximum atomic E-state index is 5.83. The van der Waals surface area contributed by atoms with Crippen molar-refractivity contribution in [3.8, 4) is 0 Å². The first-order valence-corrected chi connectivity index (χ1v) is 4.94. The number of pyridine rings is 1. The number of hydrogen-bond donors (Lipinski definition) is 2. The van der Waals surface area contributed by atoms with Crippen LogP contribution in [0.5, 0.6) is 0 Å². The minimum Gasteiger partial charge on any atom is -0.396 e. The lowest BCUT2D eigenvalue weighted by atomic mass is 10.3. The monoisotopic (exact) mass is 194 g/mol. The standard InChI is InChI=1S/C10H18N4/c1-2-14(7-3-5-11)10-4-6-13-8-9(10)12/h4,6,8H,2-3,5,7,11-12H2,1H3. The highest BCUT2D eigenvalue weighted by Gasteiger charge is 2.06. The summed E-state index contributed by atoms with van der Waals surface area (Å²) < 4.78 is 0. The van der Waals surface area contributed by atoms with Crippen molar-refractivity contribution in [1.82, 2.24) is 4.98 Å². The second kappa shape index (κ2) is 5.44. The molecule has 1 rings (SSSR count). The van der Waals surface area contributed by atoms with E-state index in [2.05, 4.69) is 16.8 Å². The molecule has 4 N–H and O–H groups in total. The quantitative estimate of drug-likeness (QED) is 0.728. The molecule has 0 saturated heterocycles. The van der Waals surface area contributed by atoms with Crippen molar-refractivity contribution in [2.24, 2.45) is 5.73 Å². The highest BCUT2D eigenvalue weighted by Crippen LogP contribution is 2.20. The van der Waals surface area contributed by atoms with E-state index < -0.39 is 0 Å². The Labute approximate surface area is 84.9 Å². The third-order valence-electron chi connectivity index (χ3n) is 2.18. The van der Waals surface area contributed by atoms with Crippen molar-refractivity contribution in [3.05, 3.63) is 18.5 Å². The molecular weight excluding hydrogens is 176 g/mol. The van der Waals surface area contributed by atoms with Crippen molar-refractivity contribution in [3.63, 3.8) is 0 Å². The zero-order valence-electron chi connectivity index (χ0n) is 8.61. The molecule has 78 valence electrons. The summed E-state index contributed by atoms with van der Waals surface area (Å²) in [7, 11) is 0. The molecule has 1 heterocycles. The Bertz CT molecular complexity index is 275. The molecule has 1 aromatic heterocycles. The zero-order valence-corrected chi connectivity index (χ0v) is 8.61. The summed E-state index contributed by atoms with van der Waals surface area (Å²) in [4.78, 5) is 6.18. The summed E-state index contributed by atoms with van der Waals surface area (Å²) in [5, 5.41) is 0. The maximum absolute atomic E-state index is 5.83. The molecule has 0 saturated carbocycles. The normalized spacial score (nSPS) is 10.1. The van der Waals surface area contributed by atoms with E-state index in [9.17, 15) is 0 Å². The molecule has 0 fully saturated rings. The number of nitrogens with two attached hydrogens (primary N) is 2. The number of nitrogen functional groups attached to an aromatic ring is 1. The SMILES string of the molecule is CCN(CCCN)c1ccncc1N. The molecule has 0 aliphatic heterocycles. The molecular formula is C10H18N4. The maximum Gasteiger partial charge on any atom is 0.0738 e. The second-order valence-electron chi connectivity index (χ2n) is 3.16. The molecule has 0 atom stereocenters. The van der Waals surface area contributed by atoms with Crippen molar-refractivity contribution < 1.29 is 0 Å². The fraction of sp³-hybridized carbons (Fsp3) is 0.500. The van der Waals surface area contributed by atoms with E-state index in [0.29, 0.717) is 6.54 Å². The molecule has 4 nitrogen and oxygen atoms in total. The van der Waals surface area contributed by atoms with Crippen LogP contribution in [0.2, 0.25) is 0 Å². The zero-order chi connectivity index (χ0) is 10.4. The Kier molecular flexibility index (Phi) is 4.19. The van der Waals surface area contributed by atoms with E-state index in [1.54, 1.807) is 12.4 Å². The van der Waals surface area contributed by atoms with Crippen LogP contribution in [0.1, 0.15) is 13.3 Å². The van der Waals surface area contributed by atoms with Crippen LogP contribution >= 0.6 is 0 Å².